The van der Waals surface area contributed by atoms with Gasteiger partial charge in [-0.2, -0.15) is 0 Å². The monoisotopic (exact) mass is 317 g/mol. The normalized spacial score (nSPS) is 11.4. The van der Waals surface area contributed by atoms with Gasteiger partial charge in [0.05, 0.1) is 5.52 Å². The molecule has 6 heteroatoms. The molecule has 0 aliphatic heterocycles. The molecule has 0 amide bonds. The molecule has 0 aliphatic carbocycles. The Morgan fingerprint density at radius 3 is 2.67 bits per heavy atom. The van der Waals surface area contributed by atoms with Crippen LogP contribution in [-0.2, 0) is 0 Å². The molecule has 1 aromatic carbocycles. The smallest absolute Gasteiger partial charge is 0.290 e. The van der Waals surface area contributed by atoms with E-state index in [9.17, 15) is 4.79 Å². The molecule has 0 spiro atoms. The van der Waals surface area contributed by atoms with Gasteiger partial charge in [0.15, 0.2) is 5.16 Å². The molecule has 2 N–H and O–H groups in total. The number of aromatic nitrogens is 2. The van der Waals surface area contributed by atoms with Crippen LogP contribution in [0.2, 0.25) is 0 Å². The zero-order valence-corrected chi connectivity index (χ0v) is 13.4. The maximum atomic E-state index is 12.4. The maximum Gasteiger partial charge on any atom is 0.290 e. The molecule has 0 aliphatic rings. The average Bonchev–Trinajstić information content (AvgIpc) is 2.89. The first-order chi connectivity index (χ1) is 10.1. The molecular weight excluding hydrogens is 302 g/mol. The fourth-order valence-electron chi connectivity index (χ4n) is 2.01. The van der Waals surface area contributed by atoms with Gasteiger partial charge in [0.2, 0.25) is 0 Å². The molecule has 0 fully saturated rings. The molecule has 0 radical (unpaired) electrons. The lowest BCUT2D eigenvalue weighted by Crippen LogP contribution is -2.29. The van der Waals surface area contributed by atoms with Crippen LogP contribution in [-0.4, -0.2) is 14.9 Å². The summed E-state index contributed by atoms with van der Waals surface area (Å²) in [6.45, 7) is 4.09. The molecule has 3 rings (SSSR count). The van der Waals surface area contributed by atoms with Gasteiger partial charge in [-0.1, -0.05) is 55.9 Å². The first kappa shape index (κ1) is 14.2. The molecule has 21 heavy (non-hydrogen) atoms. The fourth-order valence-corrected chi connectivity index (χ4v) is 3.82. The zero-order chi connectivity index (χ0) is 15.0. The first-order valence-corrected chi connectivity index (χ1v) is 8.29. The molecule has 4 nitrogen and oxygen atoms in total. The van der Waals surface area contributed by atoms with E-state index >= 15 is 0 Å². The van der Waals surface area contributed by atoms with E-state index in [0.717, 1.165) is 15.1 Å². The Hall–Kier alpha value is -1.79. The summed E-state index contributed by atoms with van der Waals surface area (Å²) in [6.07, 6.45) is 0. The number of nitrogens with two attached hydrogens (primary N) is 1. The molecule has 0 unspecified atom stereocenters. The van der Waals surface area contributed by atoms with Gasteiger partial charge in [-0.15, -0.1) is 11.3 Å². The van der Waals surface area contributed by atoms with Crippen molar-refractivity contribution in [3.63, 3.8) is 0 Å². The number of hydrogen-bond donors (Lipinski definition) is 1. The number of thiophene rings is 1. The molecule has 0 saturated carbocycles. The molecule has 0 saturated heterocycles. The zero-order valence-electron chi connectivity index (χ0n) is 11.7. The van der Waals surface area contributed by atoms with Gasteiger partial charge in [-0.05, 0) is 11.6 Å². The maximum absolute atomic E-state index is 12.4. The Balaban J connectivity index is 2.18. The van der Waals surface area contributed by atoms with Crippen LogP contribution in [0.3, 0.4) is 0 Å². The van der Waals surface area contributed by atoms with Crippen LogP contribution in [0.15, 0.2) is 46.3 Å². The van der Waals surface area contributed by atoms with E-state index in [2.05, 4.69) is 4.98 Å². The van der Waals surface area contributed by atoms with Crippen LogP contribution in [0.1, 0.15) is 13.8 Å². The number of fused-ring (bicyclic) bond motifs is 1. The molecular formula is C15H15N3OS2. The highest BCUT2D eigenvalue weighted by Crippen LogP contribution is 2.31. The van der Waals surface area contributed by atoms with Gasteiger partial charge < -0.3 is 5.84 Å². The Kier molecular flexibility index (Phi) is 3.73. The third-order valence-corrected chi connectivity index (χ3v) is 5.08. The van der Waals surface area contributed by atoms with Gasteiger partial charge >= 0.3 is 0 Å². The second-order valence-corrected chi connectivity index (χ2v) is 7.52. The van der Waals surface area contributed by atoms with Crippen molar-refractivity contribution in [3.8, 4) is 10.4 Å². The van der Waals surface area contributed by atoms with E-state index in [1.54, 1.807) is 0 Å². The lowest BCUT2D eigenvalue weighted by atomic mass is 10.2. The molecule has 0 atom stereocenters. The number of hydrogen-bond acceptors (Lipinski definition) is 5. The fraction of sp³-hybridized carbons (Fsp3) is 0.200. The van der Waals surface area contributed by atoms with Gasteiger partial charge in [0.1, 0.15) is 4.70 Å². The quantitative estimate of drug-likeness (QED) is 0.457. The minimum Gasteiger partial charge on any atom is -0.334 e. The Labute approximate surface area is 130 Å². The van der Waals surface area contributed by atoms with Crippen molar-refractivity contribution in [3.05, 3.63) is 46.8 Å². The second-order valence-electron chi connectivity index (χ2n) is 4.93. The average molecular weight is 317 g/mol. The van der Waals surface area contributed by atoms with E-state index in [-0.39, 0.29) is 5.56 Å². The van der Waals surface area contributed by atoms with Crippen LogP contribution >= 0.6 is 23.1 Å². The van der Waals surface area contributed by atoms with E-state index < -0.39 is 0 Å². The van der Waals surface area contributed by atoms with Crippen molar-refractivity contribution < 1.29 is 0 Å². The van der Waals surface area contributed by atoms with Gasteiger partial charge in [0, 0.05) is 10.1 Å². The lowest BCUT2D eigenvalue weighted by molar-refractivity contribution is 0.778. The minimum atomic E-state index is -0.185. The summed E-state index contributed by atoms with van der Waals surface area (Å²) in [5, 5.41) is 0.872. The van der Waals surface area contributed by atoms with Crippen molar-refractivity contribution in [1.29, 1.82) is 0 Å². The summed E-state index contributed by atoms with van der Waals surface area (Å²) in [5.41, 5.74) is 1.62. The number of thioether (sulfide) groups is 1. The predicted octanol–water partition coefficient (Wildman–Crippen LogP) is 3.34. The highest BCUT2D eigenvalue weighted by atomic mass is 32.2. The second kappa shape index (κ2) is 5.54. The third-order valence-electron chi connectivity index (χ3n) is 2.95. The number of benzene rings is 1. The van der Waals surface area contributed by atoms with E-state index in [0.29, 0.717) is 20.6 Å². The Morgan fingerprint density at radius 2 is 2.00 bits per heavy atom. The molecule has 2 heterocycles. The van der Waals surface area contributed by atoms with E-state index in [4.69, 9.17) is 5.84 Å². The highest BCUT2D eigenvalue weighted by Gasteiger charge is 2.14. The summed E-state index contributed by atoms with van der Waals surface area (Å²) in [6, 6.07) is 11.9. The van der Waals surface area contributed by atoms with Gasteiger partial charge in [0.25, 0.3) is 5.56 Å². The lowest BCUT2D eigenvalue weighted by Gasteiger charge is -2.08. The van der Waals surface area contributed by atoms with Crippen molar-refractivity contribution in [2.24, 2.45) is 0 Å². The Morgan fingerprint density at radius 1 is 1.29 bits per heavy atom. The predicted molar refractivity (Wildman–Crippen MR) is 90.5 cm³/mol. The third kappa shape index (κ3) is 2.69. The van der Waals surface area contributed by atoms with E-state index in [1.807, 2.05) is 50.2 Å². The number of nitrogens with zero attached hydrogens (tertiary/aromatic N) is 2. The Bertz CT molecular complexity index is 837. The van der Waals surface area contributed by atoms with Gasteiger partial charge in [-0.25, -0.2) is 9.66 Å². The van der Waals surface area contributed by atoms with E-state index in [1.165, 1.54) is 23.1 Å². The summed E-state index contributed by atoms with van der Waals surface area (Å²) >= 11 is 2.92. The SMILES string of the molecule is CC(C)Sc1nc2cc(-c3ccccc3)sc2c(=O)n1N. The molecule has 3 aromatic rings. The molecule has 108 valence electrons. The standard InChI is InChI=1S/C15H15N3OS2/c1-9(2)20-15-17-11-8-12(10-6-4-3-5-7-10)21-13(11)14(19)18(15)16/h3-9H,16H2,1-2H3. The summed E-state index contributed by atoms with van der Waals surface area (Å²) in [4.78, 5) is 17.9. The summed E-state index contributed by atoms with van der Waals surface area (Å²) in [7, 11) is 0. The van der Waals surface area contributed by atoms with Crippen molar-refractivity contribution in [2.75, 3.05) is 5.84 Å². The van der Waals surface area contributed by atoms with Crippen molar-refractivity contribution >= 4 is 33.3 Å². The number of nitrogen functional groups attached to an aromatic ring is 1. The topological polar surface area (TPSA) is 60.9 Å². The largest absolute Gasteiger partial charge is 0.334 e. The van der Waals surface area contributed by atoms with Crippen LogP contribution in [0, 0.1) is 0 Å². The first-order valence-electron chi connectivity index (χ1n) is 6.60. The highest BCUT2D eigenvalue weighted by molar-refractivity contribution is 7.99. The minimum absolute atomic E-state index is 0.185. The van der Waals surface area contributed by atoms with Gasteiger partial charge in [-0.3, -0.25) is 4.79 Å². The van der Waals surface area contributed by atoms with Crippen LogP contribution < -0.4 is 11.4 Å². The number of rotatable bonds is 3. The van der Waals surface area contributed by atoms with Crippen molar-refractivity contribution in [1.82, 2.24) is 9.66 Å². The van der Waals surface area contributed by atoms with Crippen LogP contribution in [0.5, 0.6) is 0 Å². The summed E-state index contributed by atoms with van der Waals surface area (Å²) < 4.78 is 1.75. The van der Waals surface area contributed by atoms with Crippen LogP contribution in [0.25, 0.3) is 20.7 Å². The molecule has 0 bridgehead atoms. The molecule has 2 aromatic heterocycles. The van der Waals surface area contributed by atoms with Crippen molar-refractivity contribution in [2.45, 2.75) is 24.3 Å². The van der Waals surface area contributed by atoms with Crippen LogP contribution in [0.4, 0.5) is 0 Å². The summed E-state index contributed by atoms with van der Waals surface area (Å²) in [5.74, 6) is 5.87.